The SMILES string of the molecule is CCOC1CCN(C(=O)C(C)CN)CC1. The quantitative estimate of drug-likeness (QED) is 0.746. The first-order chi connectivity index (χ1) is 7.19. The Balaban J connectivity index is 2.33. The number of hydrogen-bond acceptors (Lipinski definition) is 3. The van der Waals surface area contributed by atoms with Crippen LogP contribution in [0.2, 0.25) is 0 Å². The van der Waals surface area contributed by atoms with E-state index in [-0.39, 0.29) is 11.8 Å². The first-order valence-electron chi connectivity index (χ1n) is 5.79. The molecule has 0 aromatic heterocycles. The highest BCUT2D eigenvalue weighted by molar-refractivity contribution is 5.78. The smallest absolute Gasteiger partial charge is 0.226 e. The summed E-state index contributed by atoms with van der Waals surface area (Å²) >= 11 is 0. The van der Waals surface area contributed by atoms with Crippen LogP contribution in [0, 0.1) is 5.92 Å². The second-order valence-corrected chi connectivity index (χ2v) is 4.12. The average Bonchev–Trinajstić information content (AvgIpc) is 2.28. The van der Waals surface area contributed by atoms with Crippen LogP contribution in [0.1, 0.15) is 26.7 Å². The molecule has 1 unspecified atom stereocenters. The van der Waals surface area contributed by atoms with E-state index in [1.54, 1.807) is 0 Å². The average molecular weight is 214 g/mol. The minimum atomic E-state index is -0.0476. The van der Waals surface area contributed by atoms with Gasteiger partial charge in [0.15, 0.2) is 0 Å². The summed E-state index contributed by atoms with van der Waals surface area (Å²) in [7, 11) is 0. The topological polar surface area (TPSA) is 55.6 Å². The molecule has 1 aliphatic rings. The standard InChI is InChI=1S/C11H22N2O2/c1-3-15-10-4-6-13(7-5-10)11(14)9(2)8-12/h9-10H,3-8,12H2,1-2H3. The molecule has 0 spiro atoms. The summed E-state index contributed by atoms with van der Waals surface area (Å²) in [4.78, 5) is 13.7. The number of rotatable bonds is 4. The monoisotopic (exact) mass is 214 g/mol. The van der Waals surface area contributed by atoms with E-state index in [9.17, 15) is 4.79 Å². The molecule has 1 saturated heterocycles. The Hall–Kier alpha value is -0.610. The van der Waals surface area contributed by atoms with Crippen LogP contribution in [-0.4, -0.2) is 43.2 Å². The van der Waals surface area contributed by atoms with Gasteiger partial charge in [-0.1, -0.05) is 6.92 Å². The van der Waals surface area contributed by atoms with Crippen molar-refractivity contribution in [2.75, 3.05) is 26.2 Å². The molecule has 1 rings (SSSR count). The minimum Gasteiger partial charge on any atom is -0.378 e. The van der Waals surface area contributed by atoms with E-state index in [2.05, 4.69) is 0 Å². The third-order valence-electron chi connectivity index (χ3n) is 2.93. The van der Waals surface area contributed by atoms with Crippen LogP contribution in [0.25, 0.3) is 0 Å². The first-order valence-corrected chi connectivity index (χ1v) is 5.79. The van der Waals surface area contributed by atoms with Crippen molar-refractivity contribution in [1.82, 2.24) is 4.90 Å². The van der Waals surface area contributed by atoms with Crippen LogP contribution < -0.4 is 5.73 Å². The number of ether oxygens (including phenoxy) is 1. The van der Waals surface area contributed by atoms with Crippen molar-refractivity contribution >= 4 is 5.91 Å². The molecule has 1 fully saturated rings. The van der Waals surface area contributed by atoms with Gasteiger partial charge < -0.3 is 15.4 Å². The van der Waals surface area contributed by atoms with Crippen molar-refractivity contribution in [2.24, 2.45) is 11.7 Å². The number of carbonyl (C=O) groups excluding carboxylic acids is 1. The second kappa shape index (κ2) is 6.08. The fourth-order valence-corrected chi connectivity index (χ4v) is 1.89. The van der Waals surface area contributed by atoms with E-state index < -0.39 is 0 Å². The van der Waals surface area contributed by atoms with Crippen LogP contribution >= 0.6 is 0 Å². The van der Waals surface area contributed by atoms with Crippen molar-refractivity contribution < 1.29 is 9.53 Å². The fourth-order valence-electron chi connectivity index (χ4n) is 1.89. The summed E-state index contributed by atoms with van der Waals surface area (Å²) in [5, 5.41) is 0. The highest BCUT2D eigenvalue weighted by atomic mass is 16.5. The van der Waals surface area contributed by atoms with E-state index in [0.717, 1.165) is 32.5 Å². The summed E-state index contributed by atoms with van der Waals surface area (Å²) in [6.45, 7) is 6.72. The van der Waals surface area contributed by atoms with Crippen molar-refractivity contribution in [2.45, 2.75) is 32.8 Å². The number of nitrogens with zero attached hydrogens (tertiary/aromatic N) is 1. The molecule has 1 atom stereocenters. The van der Waals surface area contributed by atoms with Gasteiger partial charge in [0.25, 0.3) is 0 Å². The zero-order chi connectivity index (χ0) is 11.3. The summed E-state index contributed by atoms with van der Waals surface area (Å²) in [6.07, 6.45) is 2.25. The molecule has 4 nitrogen and oxygen atoms in total. The Morgan fingerprint density at radius 1 is 1.53 bits per heavy atom. The van der Waals surface area contributed by atoms with E-state index in [0.29, 0.717) is 12.6 Å². The molecule has 2 N–H and O–H groups in total. The zero-order valence-corrected chi connectivity index (χ0v) is 9.74. The van der Waals surface area contributed by atoms with Gasteiger partial charge in [0, 0.05) is 32.2 Å². The van der Waals surface area contributed by atoms with Gasteiger partial charge in [0.05, 0.1) is 6.10 Å². The van der Waals surface area contributed by atoms with Gasteiger partial charge >= 0.3 is 0 Å². The molecule has 4 heteroatoms. The predicted octanol–water partition coefficient (Wildman–Crippen LogP) is 0.609. The number of nitrogens with two attached hydrogens (primary N) is 1. The number of amides is 1. The first kappa shape index (κ1) is 12.5. The van der Waals surface area contributed by atoms with E-state index in [1.165, 1.54) is 0 Å². The van der Waals surface area contributed by atoms with Gasteiger partial charge in [0.2, 0.25) is 5.91 Å². The van der Waals surface area contributed by atoms with Crippen molar-refractivity contribution in [1.29, 1.82) is 0 Å². The van der Waals surface area contributed by atoms with Gasteiger partial charge in [-0.2, -0.15) is 0 Å². The van der Waals surface area contributed by atoms with Crippen LogP contribution in [0.3, 0.4) is 0 Å². The lowest BCUT2D eigenvalue weighted by Gasteiger charge is -2.33. The predicted molar refractivity (Wildman–Crippen MR) is 59.4 cm³/mol. The third-order valence-corrected chi connectivity index (χ3v) is 2.93. The molecule has 0 bridgehead atoms. The molecule has 1 heterocycles. The second-order valence-electron chi connectivity index (χ2n) is 4.12. The van der Waals surface area contributed by atoms with Crippen LogP contribution in [-0.2, 0) is 9.53 Å². The Morgan fingerprint density at radius 3 is 2.60 bits per heavy atom. The van der Waals surface area contributed by atoms with Gasteiger partial charge in [-0.3, -0.25) is 4.79 Å². The number of carbonyl (C=O) groups is 1. The molecule has 0 aromatic carbocycles. The van der Waals surface area contributed by atoms with Gasteiger partial charge in [-0.05, 0) is 19.8 Å². The van der Waals surface area contributed by atoms with Crippen molar-refractivity contribution in [3.05, 3.63) is 0 Å². The lowest BCUT2D eigenvalue weighted by atomic mass is 10.0. The maximum Gasteiger partial charge on any atom is 0.226 e. The fraction of sp³-hybridized carbons (Fsp3) is 0.909. The Morgan fingerprint density at radius 2 is 2.13 bits per heavy atom. The van der Waals surface area contributed by atoms with E-state index >= 15 is 0 Å². The molecule has 1 aliphatic heterocycles. The van der Waals surface area contributed by atoms with Crippen molar-refractivity contribution in [3.63, 3.8) is 0 Å². The Labute approximate surface area is 91.8 Å². The molecule has 1 amide bonds. The van der Waals surface area contributed by atoms with Crippen LogP contribution in [0.4, 0.5) is 0 Å². The third kappa shape index (κ3) is 3.47. The summed E-state index contributed by atoms with van der Waals surface area (Å²) in [5.41, 5.74) is 5.48. The van der Waals surface area contributed by atoms with E-state index in [1.807, 2.05) is 18.7 Å². The van der Waals surface area contributed by atoms with Crippen molar-refractivity contribution in [3.8, 4) is 0 Å². The number of hydrogen-bond donors (Lipinski definition) is 1. The minimum absolute atomic E-state index is 0.0476. The van der Waals surface area contributed by atoms with Gasteiger partial charge in [0.1, 0.15) is 0 Å². The summed E-state index contributed by atoms with van der Waals surface area (Å²) in [6, 6.07) is 0. The van der Waals surface area contributed by atoms with Crippen LogP contribution in [0.5, 0.6) is 0 Å². The normalized spacial score (nSPS) is 20.3. The van der Waals surface area contributed by atoms with Gasteiger partial charge in [-0.25, -0.2) is 0 Å². The molecule has 88 valence electrons. The molecule has 0 aromatic rings. The molecule has 0 radical (unpaired) electrons. The van der Waals surface area contributed by atoms with E-state index in [4.69, 9.17) is 10.5 Å². The molecular formula is C11H22N2O2. The lowest BCUT2D eigenvalue weighted by molar-refractivity contribution is -0.137. The van der Waals surface area contributed by atoms with Gasteiger partial charge in [-0.15, -0.1) is 0 Å². The number of piperidine rings is 1. The molecule has 15 heavy (non-hydrogen) atoms. The summed E-state index contributed by atoms with van der Waals surface area (Å²) in [5.74, 6) is 0.140. The van der Waals surface area contributed by atoms with Crippen LogP contribution in [0.15, 0.2) is 0 Å². The molecule has 0 aliphatic carbocycles. The summed E-state index contributed by atoms with van der Waals surface area (Å²) < 4.78 is 5.54. The Bertz CT molecular complexity index is 201. The Kier molecular flexibility index (Phi) is 5.05. The number of likely N-dealkylation sites (tertiary alicyclic amines) is 1. The lowest BCUT2D eigenvalue weighted by Crippen LogP contribution is -2.44. The maximum atomic E-state index is 11.8. The maximum absolute atomic E-state index is 11.8. The highest BCUT2D eigenvalue weighted by Gasteiger charge is 2.25. The molecular weight excluding hydrogens is 192 g/mol. The highest BCUT2D eigenvalue weighted by Crippen LogP contribution is 2.15. The largest absolute Gasteiger partial charge is 0.378 e. The zero-order valence-electron chi connectivity index (χ0n) is 9.74. The molecule has 0 saturated carbocycles.